The first-order valence-corrected chi connectivity index (χ1v) is 7.57. The maximum absolute atomic E-state index is 13.6. The maximum atomic E-state index is 13.6. The summed E-state index contributed by atoms with van der Waals surface area (Å²) in [6, 6.07) is 12.6. The Morgan fingerprint density at radius 3 is 2.46 bits per heavy atom. The number of para-hydroxylation sites is 3. The Morgan fingerprint density at radius 2 is 1.71 bits per heavy atom. The van der Waals surface area contributed by atoms with Crippen LogP contribution >= 0.6 is 0 Å². The number of anilines is 3. The van der Waals surface area contributed by atoms with E-state index in [1.807, 2.05) is 17.0 Å². The molecule has 0 bridgehead atoms. The summed E-state index contributed by atoms with van der Waals surface area (Å²) in [5, 5.41) is 7.94. The molecule has 1 heterocycles. The van der Waals surface area contributed by atoms with Crippen LogP contribution in [0.4, 0.5) is 26.2 Å². The van der Waals surface area contributed by atoms with Gasteiger partial charge in [-0.2, -0.15) is 0 Å². The van der Waals surface area contributed by atoms with Crippen molar-refractivity contribution in [2.75, 3.05) is 35.2 Å². The van der Waals surface area contributed by atoms with E-state index in [-0.39, 0.29) is 18.1 Å². The molecule has 3 amide bonds. The number of urea groups is 1. The minimum atomic E-state index is -0.547. The van der Waals surface area contributed by atoms with E-state index in [4.69, 9.17) is 0 Å². The van der Waals surface area contributed by atoms with E-state index in [9.17, 15) is 14.0 Å². The van der Waals surface area contributed by atoms with Gasteiger partial charge < -0.3 is 20.9 Å². The number of hydrogen-bond donors (Lipinski definition) is 3. The number of nitrogens with one attached hydrogen (secondary N) is 3. The van der Waals surface area contributed by atoms with E-state index in [2.05, 4.69) is 16.0 Å². The fourth-order valence-corrected chi connectivity index (χ4v) is 2.54. The first-order valence-electron chi connectivity index (χ1n) is 7.57. The van der Waals surface area contributed by atoms with Crippen LogP contribution in [0.25, 0.3) is 0 Å². The average molecular weight is 328 g/mol. The monoisotopic (exact) mass is 328 g/mol. The van der Waals surface area contributed by atoms with Crippen LogP contribution < -0.4 is 20.9 Å². The predicted octanol–water partition coefficient (Wildman–Crippen LogP) is 2.41. The minimum absolute atomic E-state index is 0.0631. The zero-order valence-corrected chi connectivity index (χ0v) is 12.9. The molecule has 6 nitrogen and oxygen atoms in total. The number of rotatable bonds is 3. The molecule has 0 saturated carbocycles. The van der Waals surface area contributed by atoms with Gasteiger partial charge in [0.25, 0.3) is 0 Å². The quantitative estimate of drug-likeness (QED) is 0.810. The topological polar surface area (TPSA) is 73.5 Å². The van der Waals surface area contributed by atoms with Gasteiger partial charge in [-0.1, -0.05) is 24.3 Å². The van der Waals surface area contributed by atoms with Crippen molar-refractivity contribution in [3.8, 4) is 0 Å². The summed E-state index contributed by atoms with van der Waals surface area (Å²) in [6.45, 7) is 1.43. The Bertz CT molecular complexity index is 766. The van der Waals surface area contributed by atoms with Crippen molar-refractivity contribution in [2.45, 2.75) is 0 Å². The molecule has 1 aliphatic heterocycles. The third-order valence-corrected chi connectivity index (χ3v) is 3.65. The fourth-order valence-electron chi connectivity index (χ4n) is 2.54. The molecule has 1 saturated heterocycles. The second-order valence-corrected chi connectivity index (χ2v) is 5.35. The molecule has 0 aliphatic carbocycles. The molecular weight excluding hydrogens is 311 g/mol. The van der Waals surface area contributed by atoms with E-state index in [0.717, 1.165) is 5.69 Å². The SMILES string of the molecule is O=C1CN(c2ccccc2NC(=O)Nc2ccccc2F)CCN1. The van der Waals surface area contributed by atoms with Gasteiger partial charge in [-0.15, -0.1) is 0 Å². The summed E-state index contributed by atoms with van der Waals surface area (Å²) < 4.78 is 13.6. The zero-order chi connectivity index (χ0) is 16.9. The van der Waals surface area contributed by atoms with Gasteiger partial charge in [0.15, 0.2) is 0 Å². The van der Waals surface area contributed by atoms with Crippen LogP contribution in [0, 0.1) is 5.82 Å². The molecule has 0 atom stereocenters. The second-order valence-electron chi connectivity index (χ2n) is 5.35. The van der Waals surface area contributed by atoms with Gasteiger partial charge in [-0.3, -0.25) is 4.79 Å². The molecule has 2 aromatic carbocycles. The number of benzene rings is 2. The van der Waals surface area contributed by atoms with Crippen LogP contribution in [0.3, 0.4) is 0 Å². The molecule has 7 heteroatoms. The third kappa shape index (κ3) is 3.62. The van der Waals surface area contributed by atoms with Crippen molar-refractivity contribution < 1.29 is 14.0 Å². The number of halogens is 1. The van der Waals surface area contributed by atoms with Crippen LogP contribution in [-0.2, 0) is 4.79 Å². The molecule has 0 spiro atoms. The Kier molecular flexibility index (Phi) is 4.60. The van der Waals surface area contributed by atoms with Crippen LogP contribution in [0.2, 0.25) is 0 Å². The van der Waals surface area contributed by atoms with Gasteiger partial charge in [0.2, 0.25) is 5.91 Å². The third-order valence-electron chi connectivity index (χ3n) is 3.65. The summed E-state index contributed by atoms with van der Waals surface area (Å²) in [5.41, 5.74) is 1.40. The molecular formula is C17H17FN4O2. The summed E-state index contributed by atoms with van der Waals surface area (Å²) in [6.07, 6.45) is 0. The summed E-state index contributed by atoms with van der Waals surface area (Å²) >= 11 is 0. The van der Waals surface area contributed by atoms with Gasteiger partial charge in [-0.05, 0) is 24.3 Å². The lowest BCUT2D eigenvalue weighted by atomic mass is 10.2. The normalized spacial score (nSPS) is 14.0. The summed E-state index contributed by atoms with van der Waals surface area (Å²) in [4.78, 5) is 25.6. The van der Waals surface area contributed by atoms with Crippen LogP contribution in [0.15, 0.2) is 48.5 Å². The lowest BCUT2D eigenvalue weighted by Crippen LogP contribution is -2.48. The molecule has 0 aromatic heterocycles. The highest BCUT2D eigenvalue weighted by Crippen LogP contribution is 2.26. The van der Waals surface area contributed by atoms with Crippen molar-refractivity contribution in [1.29, 1.82) is 0 Å². The smallest absolute Gasteiger partial charge is 0.323 e. The van der Waals surface area contributed by atoms with Crippen molar-refractivity contribution in [2.24, 2.45) is 0 Å². The van der Waals surface area contributed by atoms with Crippen molar-refractivity contribution in [3.63, 3.8) is 0 Å². The van der Waals surface area contributed by atoms with Crippen LogP contribution in [-0.4, -0.2) is 31.6 Å². The number of hydrogen-bond acceptors (Lipinski definition) is 3. The molecule has 2 aromatic rings. The molecule has 0 radical (unpaired) electrons. The van der Waals surface area contributed by atoms with Gasteiger partial charge in [-0.25, -0.2) is 9.18 Å². The molecule has 1 fully saturated rings. The lowest BCUT2D eigenvalue weighted by Gasteiger charge is -2.30. The lowest BCUT2D eigenvalue weighted by molar-refractivity contribution is -0.120. The van der Waals surface area contributed by atoms with Crippen LogP contribution in [0.1, 0.15) is 0 Å². The van der Waals surface area contributed by atoms with Gasteiger partial charge in [0.1, 0.15) is 5.82 Å². The Morgan fingerprint density at radius 1 is 1.04 bits per heavy atom. The summed E-state index contributed by atoms with van der Waals surface area (Å²) in [7, 11) is 0. The number of nitrogens with zero attached hydrogens (tertiary/aromatic N) is 1. The zero-order valence-electron chi connectivity index (χ0n) is 12.9. The Hall–Kier alpha value is -3.09. The number of piperazine rings is 1. The predicted molar refractivity (Wildman–Crippen MR) is 90.7 cm³/mol. The average Bonchev–Trinajstić information content (AvgIpc) is 2.57. The van der Waals surface area contributed by atoms with E-state index in [1.54, 1.807) is 24.3 Å². The van der Waals surface area contributed by atoms with Crippen molar-refractivity contribution in [1.82, 2.24) is 5.32 Å². The fraction of sp³-hybridized carbons (Fsp3) is 0.176. The standard InChI is InChI=1S/C17H17FN4O2/c18-12-5-1-2-6-13(12)20-17(24)21-14-7-3-4-8-15(14)22-10-9-19-16(23)11-22/h1-8H,9-11H2,(H,19,23)(H2,20,21,24). The highest BCUT2D eigenvalue weighted by Gasteiger charge is 2.19. The Balaban J connectivity index is 1.74. The minimum Gasteiger partial charge on any atom is -0.359 e. The summed E-state index contributed by atoms with van der Waals surface area (Å²) in [5.74, 6) is -0.569. The maximum Gasteiger partial charge on any atom is 0.323 e. The molecule has 24 heavy (non-hydrogen) atoms. The van der Waals surface area contributed by atoms with Gasteiger partial charge >= 0.3 is 6.03 Å². The van der Waals surface area contributed by atoms with E-state index in [0.29, 0.717) is 18.8 Å². The molecule has 3 N–H and O–H groups in total. The van der Waals surface area contributed by atoms with E-state index in [1.165, 1.54) is 12.1 Å². The van der Waals surface area contributed by atoms with Gasteiger partial charge in [0, 0.05) is 13.1 Å². The first kappa shape index (κ1) is 15.8. The second kappa shape index (κ2) is 6.99. The number of carbonyl (C=O) groups is 2. The van der Waals surface area contributed by atoms with Crippen molar-refractivity contribution in [3.05, 3.63) is 54.3 Å². The number of carbonyl (C=O) groups excluding carboxylic acids is 2. The molecule has 0 unspecified atom stereocenters. The Labute approximate surface area is 138 Å². The van der Waals surface area contributed by atoms with E-state index >= 15 is 0 Å². The van der Waals surface area contributed by atoms with Crippen molar-refractivity contribution >= 4 is 29.0 Å². The molecule has 124 valence electrons. The largest absolute Gasteiger partial charge is 0.359 e. The number of amides is 3. The van der Waals surface area contributed by atoms with Crippen LogP contribution in [0.5, 0.6) is 0 Å². The highest BCUT2D eigenvalue weighted by atomic mass is 19.1. The molecule has 3 rings (SSSR count). The highest BCUT2D eigenvalue weighted by molar-refractivity contribution is 6.02. The first-order chi connectivity index (χ1) is 11.6. The van der Waals surface area contributed by atoms with Gasteiger partial charge in [0.05, 0.1) is 23.6 Å². The van der Waals surface area contributed by atoms with E-state index < -0.39 is 11.8 Å². The molecule has 1 aliphatic rings.